The van der Waals surface area contributed by atoms with E-state index in [4.69, 9.17) is 0 Å². The monoisotopic (exact) mass is 317 g/mol. The SMILES string of the molecule is CNCCC1CCN(CC(=O)Nc2ccc(C(C)C)cc2)CC1. The molecule has 1 aliphatic rings. The maximum atomic E-state index is 12.2. The average molecular weight is 317 g/mol. The first kappa shape index (κ1) is 18.0. The Morgan fingerprint density at radius 1 is 1.22 bits per heavy atom. The Kier molecular flexibility index (Phi) is 7.06. The number of anilines is 1. The lowest BCUT2D eigenvalue weighted by Gasteiger charge is -2.31. The second-order valence-corrected chi connectivity index (χ2v) is 6.94. The van der Waals surface area contributed by atoms with E-state index in [0.717, 1.165) is 31.2 Å². The van der Waals surface area contributed by atoms with Crippen LogP contribution in [-0.4, -0.2) is 44.0 Å². The average Bonchev–Trinajstić information content (AvgIpc) is 2.54. The van der Waals surface area contributed by atoms with Crippen molar-refractivity contribution in [2.45, 2.75) is 39.0 Å². The van der Waals surface area contributed by atoms with Crippen LogP contribution in [0.3, 0.4) is 0 Å². The Balaban J connectivity index is 1.73. The standard InChI is InChI=1S/C19H31N3O/c1-15(2)17-4-6-18(7-5-17)21-19(23)14-22-12-9-16(10-13-22)8-11-20-3/h4-7,15-16,20H,8-14H2,1-3H3,(H,21,23). The third-order valence-corrected chi connectivity index (χ3v) is 4.74. The quantitative estimate of drug-likeness (QED) is 0.812. The Morgan fingerprint density at radius 3 is 2.43 bits per heavy atom. The summed E-state index contributed by atoms with van der Waals surface area (Å²) in [5.41, 5.74) is 2.19. The summed E-state index contributed by atoms with van der Waals surface area (Å²) in [5, 5.41) is 6.23. The maximum Gasteiger partial charge on any atom is 0.238 e. The summed E-state index contributed by atoms with van der Waals surface area (Å²) in [7, 11) is 2.01. The van der Waals surface area contributed by atoms with Crippen molar-refractivity contribution in [2.24, 2.45) is 5.92 Å². The minimum absolute atomic E-state index is 0.0935. The number of carbonyl (C=O) groups is 1. The number of rotatable bonds is 7. The zero-order chi connectivity index (χ0) is 16.7. The first-order valence-corrected chi connectivity index (χ1v) is 8.85. The van der Waals surface area contributed by atoms with Crippen molar-refractivity contribution in [3.8, 4) is 0 Å². The summed E-state index contributed by atoms with van der Waals surface area (Å²) >= 11 is 0. The van der Waals surface area contributed by atoms with Crippen LogP contribution in [0.25, 0.3) is 0 Å². The third kappa shape index (κ3) is 5.96. The molecule has 1 heterocycles. The highest BCUT2D eigenvalue weighted by Crippen LogP contribution is 2.20. The highest BCUT2D eigenvalue weighted by Gasteiger charge is 2.20. The summed E-state index contributed by atoms with van der Waals surface area (Å²) in [6.45, 7) is 8.02. The molecule has 1 aromatic carbocycles. The lowest BCUT2D eigenvalue weighted by atomic mass is 9.93. The van der Waals surface area contributed by atoms with Crippen LogP contribution in [0.15, 0.2) is 24.3 Å². The second kappa shape index (κ2) is 9.04. The van der Waals surface area contributed by atoms with E-state index in [1.807, 2.05) is 19.2 Å². The number of nitrogens with zero attached hydrogens (tertiary/aromatic N) is 1. The lowest BCUT2D eigenvalue weighted by molar-refractivity contribution is -0.117. The van der Waals surface area contributed by atoms with Crippen molar-refractivity contribution in [2.75, 3.05) is 38.5 Å². The van der Waals surface area contributed by atoms with Crippen molar-refractivity contribution in [3.05, 3.63) is 29.8 Å². The van der Waals surface area contributed by atoms with Gasteiger partial charge in [0.1, 0.15) is 0 Å². The normalized spacial score (nSPS) is 16.7. The van der Waals surface area contributed by atoms with Crippen molar-refractivity contribution in [1.29, 1.82) is 0 Å². The Hall–Kier alpha value is -1.39. The summed E-state index contributed by atoms with van der Waals surface area (Å²) in [6.07, 6.45) is 3.66. The molecule has 4 nitrogen and oxygen atoms in total. The van der Waals surface area contributed by atoms with Gasteiger partial charge in [0.05, 0.1) is 6.54 Å². The van der Waals surface area contributed by atoms with E-state index in [2.05, 4.69) is 41.5 Å². The van der Waals surface area contributed by atoms with Gasteiger partial charge in [-0.15, -0.1) is 0 Å². The molecule has 23 heavy (non-hydrogen) atoms. The zero-order valence-electron chi connectivity index (χ0n) is 14.8. The molecule has 0 atom stereocenters. The third-order valence-electron chi connectivity index (χ3n) is 4.74. The van der Waals surface area contributed by atoms with Gasteiger partial charge in [-0.2, -0.15) is 0 Å². The minimum atomic E-state index is 0.0935. The number of amides is 1. The van der Waals surface area contributed by atoms with Gasteiger partial charge < -0.3 is 10.6 Å². The fourth-order valence-corrected chi connectivity index (χ4v) is 3.14. The number of piperidine rings is 1. The lowest BCUT2D eigenvalue weighted by Crippen LogP contribution is -2.39. The van der Waals surface area contributed by atoms with Crippen molar-refractivity contribution in [3.63, 3.8) is 0 Å². The molecule has 0 aromatic heterocycles. The summed E-state index contributed by atoms with van der Waals surface area (Å²) in [5.74, 6) is 1.42. The van der Waals surface area contributed by atoms with E-state index in [-0.39, 0.29) is 5.91 Å². The Bertz CT molecular complexity index is 476. The van der Waals surface area contributed by atoms with Crippen molar-refractivity contribution >= 4 is 11.6 Å². The largest absolute Gasteiger partial charge is 0.325 e. The molecule has 0 saturated carbocycles. The van der Waals surface area contributed by atoms with Crippen LogP contribution in [0, 0.1) is 5.92 Å². The van der Waals surface area contributed by atoms with E-state index in [0.29, 0.717) is 12.5 Å². The Labute approximate surface area is 140 Å². The molecule has 0 spiro atoms. The number of hydrogen-bond donors (Lipinski definition) is 2. The molecule has 1 fully saturated rings. The van der Waals surface area contributed by atoms with Crippen LogP contribution in [0.5, 0.6) is 0 Å². The number of likely N-dealkylation sites (tertiary alicyclic amines) is 1. The van der Waals surface area contributed by atoms with Gasteiger partial charge in [0.2, 0.25) is 5.91 Å². The topological polar surface area (TPSA) is 44.4 Å². The van der Waals surface area contributed by atoms with Crippen molar-refractivity contribution < 1.29 is 4.79 Å². The number of hydrogen-bond acceptors (Lipinski definition) is 3. The highest BCUT2D eigenvalue weighted by atomic mass is 16.2. The van der Waals surface area contributed by atoms with Gasteiger partial charge in [-0.05, 0) is 75.5 Å². The molecule has 4 heteroatoms. The van der Waals surface area contributed by atoms with Crippen LogP contribution in [0.4, 0.5) is 5.69 Å². The highest BCUT2D eigenvalue weighted by molar-refractivity contribution is 5.92. The predicted molar refractivity (Wildman–Crippen MR) is 96.9 cm³/mol. The van der Waals surface area contributed by atoms with E-state index in [1.54, 1.807) is 0 Å². The molecule has 0 unspecified atom stereocenters. The van der Waals surface area contributed by atoms with Crippen LogP contribution >= 0.6 is 0 Å². The van der Waals surface area contributed by atoms with Crippen LogP contribution in [0.1, 0.15) is 44.6 Å². The van der Waals surface area contributed by atoms with Crippen LogP contribution < -0.4 is 10.6 Å². The van der Waals surface area contributed by atoms with E-state index >= 15 is 0 Å². The molecule has 1 aromatic rings. The molecule has 2 rings (SSSR count). The number of carbonyl (C=O) groups excluding carboxylic acids is 1. The van der Waals surface area contributed by atoms with Gasteiger partial charge in [0, 0.05) is 5.69 Å². The first-order valence-electron chi connectivity index (χ1n) is 8.85. The summed E-state index contributed by atoms with van der Waals surface area (Å²) in [4.78, 5) is 14.5. The second-order valence-electron chi connectivity index (χ2n) is 6.94. The molecule has 1 amide bonds. The molecule has 128 valence electrons. The van der Waals surface area contributed by atoms with E-state index < -0.39 is 0 Å². The van der Waals surface area contributed by atoms with Crippen LogP contribution in [0.2, 0.25) is 0 Å². The smallest absolute Gasteiger partial charge is 0.238 e. The fraction of sp³-hybridized carbons (Fsp3) is 0.632. The molecule has 0 bridgehead atoms. The number of benzene rings is 1. The van der Waals surface area contributed by atoms with Gasteiger partial charge in [-0.25, -0.2) is 0 Å². The fourth-order valence-electron chi connectivity index (χ4n) is 3.14. The van der Waals surface area contributed by atoms with Gasteiger partial charge >= 0.3 is 0 Å². The van der Waals surface area contributed by atoms with Gasteiger partial charge in [0.15, 0.2) is 0 Å². The van der Waals surface area contributed by atoms with Gasteiger partial charge in [-0.1, -0.05) is 26.0 Å². The molecular weight excluding hydrogens is 286 g/mol. The molecule has 0 radical (unpaired) electrons. The maximum absolute atomic E-state index is 12.2. The molecule has 1 aliphatic heterocycles. The zero-order valence-corrected chi connectivity index (χ0v) is 14.8. The molecule has 1 saturated heterocycles. The predicted octanol–water partition coefficient (Wildman–Crippen LogP) is 3.07. The molecule has 2 N–H and O–H groups in total. The first-order chi connectivity index (χ1) is 11.1. The van der Waals surface area contributed by atoms with Crippen molar-refractivity contribution in [1.82, 2.24) is 10.2 Å². The summed E-state index contributed by atoms with van der Waals surface area (Å²) < 4.78 is 0. The molecule has 0 aliphatic carbocycles. The minimum Gasteiger partial charge on any atom is -0.325 e. The molecular formula is C19H31N3O. The van der Waals surface area contributed by atoms with E-state index in [1.165, 1.54) is 24.8 Å². The summed E-state index contributed by atoms with van der Waals surface area (Å²) in [6, 6.07) is 8.18. The number of nitrogens with one attached hydrogen (secondary N) is 2. The van der Waals surface area contributed by atoms with Gasteiger partial charge in [0.25, 0.3) is 0 Å². The van der Waals surface area contributed by atoms with Crippen LogP contribution in [-0.2, 0) is 4.79 Å². The Morgan fingerprint density at radius 2 is 1.87 bits per heavy atom. The van der Waals surface area contributed by atoms with E-state index in [9.17, 15) is 4.79 Å². The van der Waals surface area contributed by atoms with Gasteiger partial charge in [-0.3, -0.25) is 9.69 Å².